The molecule has 2 rings (SSSR count). The van der Waals surface area contributed by atoms with Crippen LogP contribution in [0.2, 0.25) is 0 Å². The van der Waals surface area contributed by atoms with E-state index in [2.05, 4.69) is 15.9 Å². The summed E-state index contributed by atoms with van der Waals surface area (Å²) in [5, 5.41) is 19.9. The van der Waals surface area contributed by atoms with Gasteiger partial charge >= 0.3 is 0 Å². The monoisotopic (exact) mass is 285 g/mol. The van der Waals surface area contributed by atoms with Gasteiger partial charge in [0.25, 0.3) is 0 Å². The predicted octanol–water partition coefficient (Wildman–Crippen LogP) is 2.32. The predicted molar refractivity (Wildman–Crippen MR) is 66.1 cm³/mol. The lowest BCUT2D eigenvalue weighted by atomic mass is 9.77. The summed E-state index contributed by atoms with van der Waals surface area (Å²) in [4.78, 5) is 0. The molecule has 0 aliphatic heterocycles. The summed E-state index contributed by atoms with van der Waals surface area (Å²) < 4.78 is 0.612. The summed E-state index contributed by atoms with van der Waals surface area (Å²) in [6.07, 6.45) is 2.67. The van der Waals surface area contributed by atoms with Crippen molar-refractivity contribution in [3.8, 4) is 5.75 Å². The minimum Gasteiger partial charge on any atom is -0.506 e. The Labute approximate surface area is 103 Å². The molecule has 1 aromatic rings. The number of halogens is 1. The molecule has 16 heavy (non-hydrogen) atoms. The third-order valence-corrected chi connectivity index (χ3v) is 4.02. The highest BCUT2D eigenvalue weighted by Crippen LogP contribution is 2.38. The summed E-state index contributed by atoms with van der Waals surface area (Å²) in [7, 11) is 0. The molecule has 1 aliphatic rings. The number of aliphatic hydroxyl groups excluding tert-OH is 1. The number of benzene rings is 1. The average molecular weight is 286 g/mol. The van der Waals surface area contributed by atoms with Crippen LogP contribution in [0.4, 0.5) is 0 Å². The van der Waals surface area contributed by atoms with E-state index < -0.39 is 12.1 Å². The van der Waals surface area contributed by atoms with Crippen LogP contribution < -0.4 is 5.73 Å². The van der Waals surface area contributed by atoms with Crippen molar-refractivity contribution >= 4 is 15.9 Å². The van der Waals surface area contributed by atoms with Crippen LogP contribution in [0.1, 0.15) is 30.9 Å². The average Bonchev–Trinajstić information content (AvgIpc) is 2.18. The number of para-hydroxylation sites is 1. The molecular formula is C12H16BrNO2. The van der Waals surface area contributed by atoms with Crippen LogP contribution >= 0.6 is 15.9 Å². The molecule has 1 fully saturated rings. The second-order valence-corrected chi connectivity index (χ2v) is 5.24. The van der Waals surface area contributed by atoms with Crippen LogP contribution in [0.5, 0.6) is 5.75 Å². The van der Waals surface area contributed by atoms with Crippen molar-refractivity contribution in [3.05, 3.63) is 28.2 Å². The number of phenolic OH excluding ortho intramolecular Hbond substituents is 1. The van der Waals surface area contributed by atoms with E-state index in [-0.39, 0.29) is 11.7 Å². The molecule has 1 aromatic carbocycles. The zero-order valence-corrected chi connectivity index (χ0v) is 10.5. The number of aliphatic hydroxyl groups is 1. The Morgan fingerprint density at radius 3 is 2.62 bits per heavy atom. The molecule has 0 amide bonds. The Hall–Kier alpha value is -0.580. The minimum absolute atomic E-state index is 0.133. The summed E-state index contributed by atoms with van der Waals surface area (Å²) in [5.74, 6) is 0.418. The van der Waals surface area contributed by atoms with Gasteiger partial charge in [-0.2, -0.15) is 0 Å². The molecule has 4 N–H and O–H groups in total. The first-order chi connectivity index (χ1) is 7.61. The molecule has 4 heteroatoms. The lowest BCUT2D eigenvalue weighted by molar-refractivity contribution is 0.0407. The van der Waals surface area contributed by atoms with Gasteiger partial charge in [-0.05, 0) is 40.8 Å². The Morgan fingerprint density at radius 2 is 2.06 bits per heavy atom. The van der Waals surface area contributed by atoms with Gasteiger partial charge in [0.15, 0.2) is 0 Å². The molecule has 0 unspecified atom stereocenters. The number of hydrogen-bond acceptors (Lipinski definition) is 3. The summed E-state index contributed by atoms with van der Waals surface area (Å²) >= 11 is 3.24. The molecule has 2 atom stereocenters. The van der Waals surface area contributed by atoms with E-state index in [4.69, 9.17) is 5.73 Å². The quantitative estimate of drug-likeness (QED) is 0.799. The zero-order valence-electron chi connectivity index (χ0n) is 8.94. The van der Waals surface area contributed by atoms with Crippen LogP contribution in [0.25, 0.3) is 0 Å². The first-order valence-corrected chi connectivity index (χ1v) is 6.31. The van der Waals surface area contributed by atoms with E-state index >= 15 is 0 Å². The van der Waals surface area contributed by atoms with Crippen molar-refractivity contribution in [1.29, 1.82) is 0 Å². The second-order valence-electron chi connectivity index (χ2n) is 4.39. The van der Waals surface area contributed by atoms with E-state index in [0.29, 0.717) is 10.0 Å². The number of nitrogens with two attached hydrogens (primary N) is 1. The maximum atomic E-state index is 10.1. The molecule has 1 saturated carbocycles. The van der Waals surface area contributed by atoms with Gasteiger partial charge in [-0.15, -0.1) is 0 Å². The molecular weight excluding hydrogens is 270 g/mol. The van der Waals surface area contributed by atoms with Crippen molar-refractivity contribution in [2.45, 2.75) is 31.4 Å². The Kier molecular flexibility index (Phi) is 3.52. The summed E-state index contributed by atoms with van der Waals surface area (Å²) in [6.45, 7) is 0. The van der Waals surface area contributed by atoms with Crippen molar-refractivity contribution in [1.82, 2.24) is 0 Å². The Balaban J connectivity index is 2.19. The SMILES string of the molecule is N[C@H](c1cccc(Br)c1O)[C@@H](O)C1CCC1. The van der Waals surface area contributed by atoms with Gasteiger partial charge in [0, 0.05) is 5.56 Å². The van der Waals surface area contributed by atoms with Crippen LogP contribution in [0.3, 0.4) is 0 Å². The molecule has 1 aliphatic carbocycles. The number of rotatable bonds is 3. The molecule has 0 radical (unpaired) electrons. The van der Waals surface area contributed by atoms with Crippen LogP contribution in [0, 0.1) is 5.92 Å². The molecule has 0 aromatic heterocycles. The molecule has 0 spiro atoms. The van der Waals surface area contributed by atoms with Gasteiger partial charge < -0.3 is 15.9 Å². The van der Waals surface area contributed by atoms with E-state index in [1.54, 1.807) is 12.1 Å². The minimum atomic E-state index is -0.561. The Morgan fingerprint density at radius 1 is 1.38 bits per heavy atom. The third-order valence-electron chi connectivity index (χ3n) is 3.38. The highest BCUT2D eigenvalue weighted by atomic mass is 79.9. The lowest BCUT2D eigenvalue weighted by Crippen LogP contribution is -2.36. The fourth-order valence-corrected chi connectivity index (χ4v) is 2.44. The topological polar surface area (TPSA) is 66.5 Å². The number of aromatic hydroxyl groups is 1. The van der Waals surface area contributed by atoms with Crippen molar-refractivity contribution in [2.75, 3.05) is 0 Å². The fourth-order valence-electron chi connectivity index (χ4n) is 2.06. The molecule has 0 saturated heterocycles. The standard InChI is InChI=1S/C12H16BrNO2/c13-9-6-2-5-8(12(9)16)10(14)11(15)7-3-1-4-7/h2,5-7,10-11,15-16H,1,3-4,14H2/t10-,11+/m1/s1. The smallest absolute Gasteiger partial charge is 0.134 e. The normalized spacial score (nSPS) is 20.2. The lowest BCUT2D eigenvalue weighted by Gasteiger charge is -2.34. The van der Waals surface area contributed by atoms with Gasteiger partial charge in [0.05, 0.1) is 16.6 Å². The maximum Gasteiger partial charge on any atom is 0.134 e. The van der Waals surface area contributed by atoms with Gasteiger partial charge in [-0.25, -0.2) is 0 Å². The van der Waals surface area contributed by atoms with Crippen LogP contribution in [-0.4, -0.2) is 16.3 Å². The maximum absolute atomic E-state index is 10.1. The van der Waals surface area contributed by atoms with Crippen LogP contribution in [0.15, 0.2) is 22.7 Å². The van der Waals surface area contributed by atoms with Gasteiger partial charge in [0.1, 0.15) is 5.75 Å². The number of hydrogen-bond donors (Lipinski definition) is 3. The Bertz CT molecular complexity index is 379. The summed E-state index contributed by atoms with van der Waals surface area (Å²) in [5.41, 5.74) is 6.59. The first kappa shape index (κ1) is 11.9. The highest BCUT2D eigenvalue weighted by molar-refractivity contribution is 9.10. The van der Waals surface area contributed by atoms with Gasteiger partial charge in [-0.1, -0.05) is 18.6 Å². The number of phenols is 1. The van der Waals surface area contributed by atoms with E-state index in [1.165, 1.54) is 6.42 Å². The van der Waals surface area contributed by atoms with Gasteiger partial charge in [-0.3, -0.25) is 0 Å². The molecule has 0 bridgehead atoms. The molecule has 0 heterocycles. The van der Waals surface area contributed by atoms with Crippen molar-refractivity contribution in [2.24, 2.45) is 11.7 Å². The summed E-state index contributed by atoms with van der Waals surface area (Å²) in [6, 6.07) is 4.81. The third kappa shape index (κ3) is 2.10. The van der Waals surface area contributed by atoms with Crippen molar-refractivity contribution in [3.63, 3.8) is 0 Å². The van der Waals surface area contributed by atoms with Gasteiger partial charge in [0.2, 0.25) is 0 Å². The fraction of sp³-hybridized carbons (Fsp3) is 0.500. The van der Waals surface area contributed by atoms with E-state index in [1.807, 2.05) is 6.07 Å². The highest BCUT2D eigenvalue weighted by Gasteiger charge is 2.31. The van der Waals surface area contributed by atoms with Crippen LogP contribution in [-0.2, 0) is 0 Å². The van der Waals surface area contributed by atoms with E-state index in [0.717, 1.165) is 12.8 Å². The molecule has 88 valence electrons. The van der Waals surface area contributed by atoms with Crippen molar-refractivity contribution < 1.29 is 10.2 Å². The molecule has 3 nitrogen and oxygen atoms in total. The zero-order chi connectivity index (χ0) is 11.7. The van der Waals surface area contributed by atoms with E-state index in [9.17, 15) is 10.2 Å². The second kappa shape index (κ2) is 4.73. The first-order valence-electron chi connectivity index (χ1n) is 5.52. The largest absolute Gasteiger partial charge is 0.506 e.